The van der Waals surface area contributed by atoms with E-state index in [1.54, 1.807) is 25.3 Å². The fraction of sp³-hybridized carbons (Fsp3) is 0.263. The maximum Gasteiger partial charge on any atom is 0.253 e. The lowest BCUT2D eigenvalue weighted by Gasteiger charge is -2.19. The molecule has 3 rings (SSSR count). The molecule has 0 fully saturated rings. The molecule has 6 nitrogen and oxygen atoms in total. The minimum atomic E-state index is -0.361. The minimum absolute atomic E-state index is 0.0372. The number of fused-ring (bicyclic) bond motifs is 1. The zero-order valence-corrected chi connectivity index (χ0v) is 14.4. The predicted molar refractivity (Wildman–Crippen MR) is 95.2 cm³/mol. The van der Waals surface area contributed by atoms with E-state index in [4.69, 9.17) is 0 Å². The highest BCUT2D eigenvalue weighted by Crippen LogP contribution is 2.25. The zero-order valence-electron chi connectivity index (χ0n) is 14.4. The maximum atomic E-state index is 12.4. The second-order valence-electron chi connectivity index (χ2n) is 6.05. The van der Waals surface area contributed by atoms with Crippen molar-refractivity contribution in [2.45, 2.75) is 32.9 Å². The number of amides is 1. The number of imidazole rings is 1. The Bertz CT molecular complexity index is 918. The van der Waals surface area contributed by atoms with Gasteiger partial charge in [-0.1, -0.05) is 12.1 Å². The third-order valence-electron chi connectivity index (χ3n) is 4.26. The van der Waals surface area contributed by atoms with Crippen LogP contribution in [0.25, 0.3) is 11.0 Å². The highest BCUT2D eigenvalue weighted by atomic mass is 16.1. The number of hydrogen-bond acceptors (Lipinski definition) is 4. The second-order valence-corrected chi connectivity index (χ2v) is 6.05. The first kappa shape index (κ1) is 16.8. The molecular weight excluding hydrogens is 316 g/mol. The van der Waals surface area contributed by atoms with Crippen LogP contribution in [0.2, 0.25) is 0 Å². The number of nitrogens with one attached hydrogen (secondary N) is 1. The number of benzene rings is 1. The fourth-order valence-corrected chi connectivity index (χ4v) is 2.80. The molecule has 2 aromatic heterocycles. The summed E-state index contributed by atoms with van der Waals surface area (Å²) in [5.74, 6) is 0.464. The fourth-order valence-electron chi connectivity index (χ4n) is 2.80. The van der Waals surface area contributed by atoms with E-state index in [1.165, 1.54) is 6.20 Å². The van der Waals surface area contributed by atoms with Gasteiger partial charge in [0.05, 0.1) is 28.7 Å². The summed E-state index contributed by atoms with van der Waals surface area (Å²) < 4.78 is 1.89. The molecule has 0 aliphatic rings. The molecule has 0 saturated heterocycles. The van der Waals surface area contributed by atoms with Gasteiger partial charge in [-0.05, 0) is 45.0 Å². The third kappa shape index (κ3) is 3.28. The molecule has 1 aromatic carbocycles. The van der Waals surface area contributed by atoms with Crippen molar-refractivity contribution in [3.63, 3.8) is 0 Å². The monoisotopic (exact) mass is 336 g/mol. The topological polar surface area (TPSA) is 76.9 Å². The number of carbonyl (C=O) groups excluding carboxylic acids is 2. The summed E-state index contributed by atoms with van der Waals surface area (Å²) in [5.41, 5.74) is 2.16. The Balaban J connectivity index is 1.98. The number of pyridine rings is 1. The summed E-state index contributed by atoms with van der Waals surface area (Å²) in [4.78, 5) is 33.0. The van der Waals surface area contributed by atoms with Crippen molar-refractivity contribution in [2.75, 3.05) is 0 Å². The molecule has 0 aliphatic heterocycles. The molecule has 2 heterocycles. The Kier molecular flexibility index (Phi) is 4.61. The standard InChI is InChI=1S/C19H20N4O2/c1-12(21-19(25)15-7-6-10-20-11-15)18-22-16-8-4-5-9-17(16)23(18)13(2)14(3)24/h4-13H,1-3H3,(H,21,25). The molecule has 0 saturated carbocycles. The number of aromatic nitrogens is 3. The second kappa shape index (κ2) is 6.84. The summed E-state index contributed by atoms with van der Waals surface area (Å²) in [6, 6.07) is 10.3. The lowest BCUT2D eigenvalue weighted by molar-refractivity contribution is -0.119. The van der Waals surface area contributed by atoms with E-state index in [9.17, 15) is 9.59 Å². The van der Waals surface area contributed by atoms with Crippen molar-refractivity contribution in [3.05, 3.63) is 60.2 Å². The quantitative estimate of drug-likeness (QED) is 0.777. The van der Waals surface area contributed by atoms with Gasteiger partial charge in [0.2, 0.25) is 0 Å². The number of rotatable bonds is 5. The van der Waals surface area contributed by atoms with Crippen LogP contribution in [-0.2, 0) is 4.79 Å². The largest absolute Gasteiger partial charge is 0.342 e. The van der Waals surface area contributed by atoms with E-state index in [0.29, 0.717) is 11.4 Å². The van der Waals surface area contributed by atoms with Gasteiger partial charge in [0.25, 0.3) is 5.91 Å². The van der Waals surface area contributed by atoms with Crippen LogP contribution in [0, 0.1) is 0 Å². The molecule has 1 amide bonds. The van der Waals surface area contributed by atoms with Gasteiger partial charge in [-0.25, -0.2) is 4.98 Å². The number of nitrogens with zero attached hydrogens (tertiary/aromatic N) is 3. The maximum absolute atomic E-state index is 12.4. The first-order chi connectivity index (χ1) is 12.0. The Labute approximate surface area is 145 Å². The number of para-hydroxylation sites is 2. The molecule has 2 atom stereocenters. The normalized spacial score (nSPS) is 13.4. The molecule has 1 N–H and O–H groups in total. The van der Waals surface area contributed by atoms with Crippen molar-refractivity contribution in [3.8, 4) is 0 Å². The van der Waals surface area contributed by atoms with Crippen LogP contribution in [0.4, 0.5) is 0 Å². The Morgan fingerprint density at radius 1 is 1.12 bits per heavy atom. The first-order valence-electron chi connectivity index (χ1n) is 8.17. The number of Topliss-reactive ketones (excluding diaryl/α,β-unsaturated/α-hetero) is 1. The van der Waals surface area contributed by atoms with Gasteiger partial charge in [0, 0.05) is 12.4 Å². The number of hydrogen-bond donors (Lipinski definition) is 1. The van der Waals surface area contributed by atoms with Gasteiger partial charge in [0.15, 0.2) is 5.78 Å². The number of carbonyl (C=O) groups is 2. The Morgan fingerprint density at radius 2 is 1.88 bits per heavy atom. The predicted octanol–water partition coefficient (Wildman–Crippen LogP) is 3.07. The van der Waals surface area contributed by atoms with Crippen molar-refractivity contribution < 1.29 is 9.59 Å². The molecule has 6 heteroatoms. The molecule has 25 heavy (non-hydrogen) atoms. The summed E-state index contributed by atoms with van der Waals surface area (Å²) in [7, 11) is 0. The summed E-state index contributed by atoms with van der Waals surface area (Å²) in [5, 5.41) is 2.93. The molecule has 0 aliphatic carbocycles. The van der Waals surface area contributed by atoms with Gasteiger partial charge in [-0.15, -0.1) is 0 Å². The molecule has 0 radical (unpaired) electrons. The van der Waals surface area contributed by atoms with Crippen LogP contribution >= 0.6 is 0 Å². The highest BCUT2D eigenvalue weighted by Gasteiger charge is 2.23. The van der Waals surface area contributed by atoms with Gasteiger partial charge in [-0.3, -0.25) is 14.6 Å². The average molecular weight is 336 g/mol. The first-order valence-corrected chi connectivity index (χ1v) is 8.17. The van der Waals surface area contributed by atoms with Gasteiger partial charge >= 0.3 is 0 Å². The minimum Gasteiger partial charge on any atom is -0.342 e. The Hall–Kier alpha value is -3.02. The molecule has 2 unspecified atom stereocenters. The van der Waals surface area contributed by atoms with Gasteiger partial charge in [0.1, 0.15) is 5.82 Å². The van der Waals surface area contributed by atoms with Crippen LogP contribution in [-0.4, -0.2) is 26.2 Å². The SMILES string of the molecule is CC(=O)C(C)n1c(C(C)NC(=O)c2cccnc2)nc2ccccc21. The molecule has 128 valence electrons. The molecular formula is C19H20N4O2. The molecule has 0 bridgehead atoms. The third-order valence-corrected chi connectivity index (χ3v) is 4.26. The smallest absolute Gasteiger partial charge is 0.253 e. The van der Waals surface area contributed by atoms with Crippen LogP contribution in [0.5, 0.6) is 0 Å². The zero-order chi connectivity index (χ0) is 18.0. The molecule has 3 aromatic rings. The van der Waals surface area contributed by atoms with Crippen molar-refractivity contribution >= 4 is 22.7 Å². The van der Waals surface area contributed by atoms with Crippen molar-refractivity contribution in [1.29, 1.82) is 0 Å². The van der Waals surface area contributed by atoms with E-state index in [2.05, 4.69) is 15.3 Å². The Morgan fingerprint density at radius 3 is 2.56 bits per heavy atom. The van der Waals surface area contributed by atoms with E-state index in [0.717, 1.165) is 11.0 Å². The lowest BCUT2D eigenvalue weighted by Crippen LogP contribution is -2.30. The highest BCUT2D eigenvalue weighted by molar-refractivity contribution is 5.94. The van der Waals surface area contributed by atoms with Crippen LogP contribution in [0.3, 0.4) is 0 Å². The lowest BCUT2D eigenvalue weighted by atomic mass is 10.2. The average Bonchev–Trinajstić information content (AvgIpc) is 3.01. The van der Waals surface area contributed by atoms with E-state index >= 15 is 0 Å². The summed E-state index contributed by atoms with van der Waals surface area (Å²) >= 11 is 0. The van der Waals surface area contributed by atoms with Gasteiger partial charge in [-0.2, -0.15) is 0 Å². The number of ketones is 1. The van der Waals surface area contributed by atoms with Crippen molar-refractivity contribution in [1.82, 2.24) is 19.9 Å². The van der Waals surface area contributed by atoms with E-state index in [1.807, 2.05) is 42.7 Å². The van der Waals surface area contributed by atoms with Crippen LogP contribution in [0.1, 0.15) is 49.0 Å². The van der Waals surface area contributed by atoms with E-state index < -0.39 is 0 Å². The molecule has 0 spiro atoms. The van der Waals surface area contributed by atoms with E-state index in [-0.39, 0.29) is 23.8 Å². The van der Waals surface area contributed by atoms with Crippen molar-refractivity contribution in [2.24, 2.45) is 0 Å². The van der Waals surface area contributed by atoms with Crippen LogP contribution in [0.15, 0.2) is 48.8 Å². The van der Waals surface area contributed by atoms with Crippen LogP contribution < -0.4 is 5.32 Å². The summed E-state index contributed by atoms with van der Waals surface area (Å²) in [6.45, 7) is 5.26. The van der Waals surface area contributed by atoms with Gasteiger partial charge < -0.3 is 9.88 Å². The summed E-state index contributed by atoms with van der Waals surface area (Å²) in [6.07, 6.45) is 3.14.